The lowest BCUT2D eigenvalue weighted by Crippen LogP contribution is -2.72. The number of fused-ring (bicyclic) bond motifs is 4. The zero-order valence-electron chi connectivity index (χ0n) is 39.5. The van der Waals surface area contributed by atoms with Crippen LogP contribution in [0.1, 0.15) is 99.8 Å². The number of hydrogen-bond acceptors (Lipinski definition) is 18. The largest absolute Gasteiger partial charge is 0.396 e. The summed E-state index contributed by atoms with van der Waals surface area (Å²) in [6.07, 6.45) is -13.1. The molecule has 0 aromatic carbocycles. The predicted octanol–water partition coefficient (Wildman–Crippen LogP) is -0.399. The van der Waals surface area contributed by atoms with E-state index in [9.17, 15) is 56.2 Å². The Morgan fingerprint density at radius 3 is 1.97 bits per heavy atom. The van der Waals surface area contributed by atoms with E-state index in [1.807, 2.05) is 6.92 Å². The third-order valence-electron chi connectivity index (χ3n) is 20.0. The Balaban J connectivity index is 0.888. The van der Waals surface area contributed by atoms with Gasteiger partial charge in [-0.25, -0.2) is 0 Å². The van der Waals surface area contributed by atoms with Crippen LogP contribution < -0.4 is 0 Å². The molecular weight excluding hydrogens is 865 g/mol. The zero-order valence-corrected chi connectivity index (χ0v) is 39.5. The molecule has 4 saturated carbocycles. The topological polar surface area (TPSA) is 287 Å². The Labute approximate surface area is 387 Å². The van der Waals surface area contributed by atoms with Gasteiger partial charge in [-0.2, -0.15) is 0 Å². The molecule has 9 rings (SSSR count). The van der Waals surface area contributed by atoms with Gasteiger partial charge in [0, 0.05) is 22.2 Å². The minimum atomic E-state index is -1.82. The summed E-state index contributed by atoms with van der Waals surface area (Å²) in [7, 11) is 0. The Kier molecular flexibility index (Phi) is 12.9. The van der Waals surface area contributed by atoms with Crippen LogP contribution >= 0.6 is 0 Å². The van der Waals surface area contributed by atoms with E-state index in [4.69, 9.17) is 33.2 Å². The molecule has 11 N–H and O–H groups in total. The standard InChI is InChI=1S/C48H78O18/c1-22-30(52)32(54)35(57)40(62-22)66-38-23(18-49)63-39(37(59)34(38)56)60-19-24-31(53)33(55)36(58)41(64-24)65-29-10-11-43(4)25(44(29,5)20-50)8-12-45(6)26(43)9-13-48-27-16-42(2,3)14-15-47(27,21-61-48)28(51)17-46(45,48)7/h9,13,22-41,49-59H,8,10-12,14-21H2,1-7H3. The fraction of sp³-hybridized carbons (Fsp3) is 0.958. The quantitative estimate of drug-likeness (QED) is 0.104. The van der Waals surface area contributed by atoms with E-state index in [1.54, 1.807) is 0 Å². The molecule has 0 aromatic heterocycles. The molecule has 0 radical (unpaired) electrons. The van der Waals surface area contributed by atoms with E-state index in [1.165, 1.54) is 6.92 Å². The number of aliphatic hydroxyl groups excluding tert-OH is 11. The molecule has 9 aliphatic rings. The first-order chi connectivity index (χ1) is 30.9. The number of ether oxygens (including phenoxy) is 7. The van der Waals surface area contributed by atoms with Gasteiger partial charge >= 0.3 is 0 Å². The molecule has 4 heterocycles. The maximum atomic E-state index is 12.2. The van der Waals surface area contributed by atoms with Gasteiger partial charge in [0.15, 0.2) is 18.9 Å². The zero-order chi connectivity index (χ0) is 47.9. The molecular formula is C48H78O18. The van der Waals surface area contributed by atoms with Crippen molar-refractivity contribution in [1.29, 1.82) is 0 Å². The molecule has 5 aliphatic carbocycles. The summed E-state index contributed by atoms with van der Waals surface area (Å²) >= 11 is 0. The fourth-order valence-electron chi connectivity index (χ4n) is 15.7. The van der Waals surface area contributed by atoms with Gasteiger partial charge in [0.05, 0.1) is 50.3 Å². The first-order valence-electron chi connectivity index (χ1n) is 24.5. The highest BCUT2D eigenvalue weighted by molar-refractivity contribution is 5.36. The second kappa shape index (κ2) is 17.1. The first-order valence-corrected chi connectivity index (χ1v) is 24.5. The summed E-state index contributed by atoms with van der Waals surface area (Å²) in [5.41, 5.74) is -2.27. The van der Waals surface area contributed by atoms with Crippen LogP contribution in [-0.4, -0.2) is 193 Å². The van der Waals surface area contributed by atoms with E-state index < -0.39 is 129 Å². The number of rotatable bonds is 9. The highest BCUT2D eigenvalue weighted by atomic mass is 16.8. The van der Waals surface area contributed by atoms with E-state index in [-0.39, 0.29) is 51.4 Å². The molecule has 0 aromatic rings. The number of aliphatic hydroxyl groups is 11. The molecule has 26 atom stereocenters. The molecule has 1 spiro atoms. The van der Waals surface area contributed by atoms with Crippen molar-refractivity contribution in [3.63, 3.8) is 0 Å². The molecule has 66 heavy (non-hydrogen) atoms. The Morgan fingerprint density at radius 1 is 0.636 bits per heavy atom. The maximum Gasteiger partial charge on any atom is 0.187 e. The van der Waals surface area contributed by atoms with Crippen LogP contribution in [0.5, 0.6) is 0 Å². The first kappa shape index (κ1) is 50.0. The van der Waals surface area contributed by atoms with Crippen molar-refractivity contribution in [1.82, 2.24) is 0 Å². The van der Waals surface area contributed by atoms with Crippen molar-refractivity contribution in [3.8, 4) is 0 Å². The van der Waals surface area contributed by atoms with Gasteiger partial charge in [-0.15, -0.1) is 0 Å². The van der Waals surface area contributed by atoms with Crippen LogP contribution in [0.15, 0.2) is 12.2 Å². The molecule has 8 fully saturated rings. The third kappa shape index (κ3) is 7.08. The van der Waals surface area contributed by atoms with E-state index in [0.717, 1.165) is 38.5 Å². The third-order valence-corrected chi connectivity index (χ3v) is 20.0. The van der Waals surface area contributed by atoms with Crippen molar-refractivity contribution >= 4 is 0 Å². The monoisotopic (exact) mass is 943 g/mol. The minimum Gasteiger partial charge on any atom is -0.396 e. The highest BCUT2D eigenvalue weighted by Gasteiger charge is 2.79. The molecule has 18 nitrogen and oxygen atoms in total. The van der Waals surface area contributed by atoms with E-state index in [2.05, 4.69) is 46.8 Å². The average Bonchev–Trinajstić information content (AvgIpc) is 3.55. The van der Waals surface area contributed by atoms with Crippen LogP contribution in [0.4, 0.5) is 0 Å². The van der Waals surface area contributed by atoms with Gasteiger partial charge in [-0.3, -0.25) is 0 Å². The SMILES string of the molecule is CC1OC(OC2C(CO)OC(OCC3OC(OC4CCC5(C)C(CCC6(C)C5C=CC57OCC8(CCC(C)(C)CC85)C(O)CC67C)C4(C)CO)C(O)C(O)C3O)C(O)C2O)C(O)C(O)C1O. The summed E-state index contributed by atoms with van der Waals surface area (Å²) in [6.45, 7) is 14.3. The fourth-order valence-corrected chi connectivity index (χ4v) is 15.7. The summed E-state index contributed by atoms with van der Waals surface area (Å²) in [4.78, 5) is 0. The molecule has 18 heteroatoms. The van der Waals surface area contributed by atoms with E-state index in [0.29, 0.717) is 19.4 Å². The van der Waals surface area contributed by atoms with Crippen molar-refractivity contribution in [2.24, 2.45) is 50.2 Å². The minimum absolute atomic E-state index is 0.0353. The summed E-state index contributed by atoms with van der Waals surface area (Å²) in [5.74, 6) is 0.278. The van der Waals surface area contributed by atoms with Crippen molar-refractivity contribution < 1.29 is 89.3 Å². The van der Waals surface area contributed by atoms with Crippen LogP contribution in [0.2, 0.25) is 0 Å². The number of allylic oxidation sites excluding steroid dienone is 1. The van der Waals surface area contributed by atoms with Gasteiger partial charge in [0.1, 0.15) is 67.1 Å². The lowest BCUT2D eigenvalue weighted by molar-refractivity contribution is -0.365. The Hall–Kier alpha value is -0.980. The van der Waals surface area contributed by atoms with Crippen molar-refractivity contribution in [3.05, 3.63) is 12.2 Å². The molecule has 378 valence electrons. The number of hydrogen-bond donors (Lipinski definition) is 11. The van der Waals surface area contributed by atoms with Crippen LogP contribution in [-0.2, 0) is 33.2 Å². The van der Waals surface area contributed by atoms with Crippen molar-refractivity contribution in [2.75, 3.05) is 26.4 Å². The van der Waals surface area contributed by atoms with E-state index >= 15 is 0 Å². The second-order valence-corrected chi connectivity index (χ2v) is 23.8. The Morgan fingerprint density at radius 2 is 1.29 bits per heavy atom. The maximum absolute atomic E-state index is 12.2. The van der Waals surface area contributed by atoms with Gasteiger partial charge in [0.25, 0.3) is 0 Å². The van der Waals surface area contributed by atoms with Gasteiger partial charge in [-0.05, 0) is 86.4 Å². The average molecular weight is 943 g/mol. The van der Waals surface area contributed by atoms with Crippen molar-refractivity contribution in [2.45, 2.75) is 210 Å². The van der Waals surface area contributed by atoms with Crippen LogP contribution in [0.3, 0.4) is 0 Å². The van der Waals surface area contributed by atoms with Gasteiger partial charge in [0.2, 0.25) is 0 Å². The molecule has 0 amide bonds. The van der Waals surface area contributed by atoms with Gasteiger partial charge < -0.3 is 89.3 Å². The smallest absolute Gasteiger partial charge is 0.187 e. The summed E-state index contributed by atoms with van der Waals surface area (Å²) < 4.78 is 42.5. The van der Waals surface area contributed by atoms with Gasteiger partial charge in [-0.1, -0.05) is 53.7 Å². The lowest BCUT2D eigenvalue weighted by atomic mass is 9.32. The van der Waals surface area contributed by atoms with Crippen LogP contribution in [0, 0.1) is 50.2 Å². The summed E-state index contributed by atoms with van der Waals surface area (Å²) in [6, 6.07) is 0. The molecule has 4 aliphatic heterocycles. The Bertz CT molecular complexity index is 1800. The molecule has 2 bridgehead atoms. The molecule has 4 saturated heterocycles. The summed E-state index contributed by atoms with van der Waals surface area (Å²) in [5, 5.41) is 120. The predicted molar refractivity (Wildman–Crippen MR) is 229 cm³/mol. The second-order valence-electron chi connectivity index (χ2n) is 23.8. The lowest BCUT2D eigenvalue weighted by Gasteiger charge is -2.73. The highest BCUT2D eigenvalue weighted by Crippen LogP contribution is 2.79. The van der Waals surface area contributed by atoms with Crippen LogP contribution in [0.25, 0.3) is 0 Å². The molecule has 26 unspecified atom stereocenters. The normalized spacial score (nSPS) is 58.8.